The third-order valence-electron chi connectivity index (χ3n) is 2.74. The number of hydrogen-bond donors (Lipinski definition) is 1. The number of amides is 1. The summed E-state index contributed by atoms with van der Waals surface area (Å²) in [5, 5.41) is 9.09. The minimum atomic E-state index is -0.0869. The average molecular weight is 267 g/mol. The smallest absolute Gasteiger partial charge is 0.260 e. The Hall–Kier alpha value is -1.75. The summed E-state index contributed by atoms with van der Waals surface area (Å²) < 4.78 is 10.9. The van der Waals surface area contributed by atoms with E-state index in [2.05, 4.69) is 0 Å². The highest BCUT2D eigenvalue weighted by molar-refractivity contribution is 5.77. The summed E-state index contributed by atoms with van der Waals surface area (Å²) in [7, 11) is 1.73. The molecule has 1 N–H and O–H groups in total. The fraction of sp³-hybridized carbons (Fsp3) is 0.500. The molecule has 0 radical (unpaired) electrons. The van der Waals surface area contributed by atoms with E-state index in [9.17, 15) is 4.79 Å². The Morgan fingerprint density at radius 1 is 1.26 bits per heavy atom. The molecule has 0 spiro atoms. The first kappa shape index (κ1) is 15.3. The minimum absolute atomic E-state index is 0.0249. The Bertz CT molecular complexity index is 420. The van der Waals surface area contributed by atoms with Crippen LogP contribution in [0.4, 0.5) is 0 Å². The van der Waals surface area contributed by atoms with Crippen molar-refractivity contribution in [2.24, 2.45) is 0 Å². The first-order valence-corrected chi connectivity index (χ1v) is 6.35. The maximum Gasteiger partial charge on any atom is 0.260 e. The SMILES string of the molecule is CCOc1cc(CO)ccc1OCC(=O)N(C)CC. The van der Waals surface area contributed by atoms with Gasteiger partial charge in [-0.25, -0.2) is 0 Å². The van der Waals surface area contributed by atoms with Gasteiger partial charge in [0, 0.05) is 13.6 Å². The Morgan fingerprint density at radius 3 is 2.58 bits per heavy atom. The summed E-state index contributed by atoms with van der Waals surface area (Å²) in [6.45, 7) is 4.82. The van der Waals surface area contributed by atoms with Gasteiger partial charge in [0.15, 0.2) is 18.1 Å². The van der Waals surface area contributed by atoms with Crippen LogP contribution in [0, 0.1) is 0 Å². The third kappa shape index (κ3) is 4.44. The molecular formula is C14H21NO4. The quantitative estimate of drug-likeness (QED) is 0.812. The third-order valence-corrected chi connectivity index (χ3v) is 2.74. The van der Waals surface area contributed by atoms with E-state index in [1.807, 2.05) is 13.8 Å². The molecular weight excluding hydrogens is 246 g/mol. The largest absolute Gasteiger partial charge is 0.490 e. The molecule has 0 saturated carbocycles. The van der Waals surface area contributed by atoms with Crippen LogP contribution in [0.1, 0.15) is 19.4 Å². The number of aliphatic hydroxyl groups is 1. The van der Waals surface area contributed by atoms with Gasteiger partial charge in [0.25, 0.3) is 5.91 Å². The van der Waals surface area contributed by atoms with Crippen molar-refractivity contribution in [2.75, 3.05) is 26.8 Å². The lowest BCUT2D eigenvalue weighted by Crippen LogP contribution is -2.31. The molecule has 106 valence electrons. The van der Waals surface area contributed by atoms with Gasteiger partial charge in [-0.2, -0.15) is 0 Å². The second kappa shape index (κ2) is 7.63. The lowest BCUT2D eigenvalue weighted by atomic mass is 10.2. The van der Waals surface area contributed by atoms with Gasteiger partial charge in [-0.3, -0.25) is 4.79 Å². The van der Waals surface area contributed by atoms with E-state index < -0.39 is 0 Å². The number of ether oxygens (including phenoxy) is 2. The lowest BCUT2D eigenvalue weighted by Gasteiger charge is -2.16. The summed E-state index contributed by atoms with van der Waals surface area (Å²) in [6, 6.07) is 5.16. The molecule has 5 heteroatoms. The highest BCUT2D eigenvalue weighted by Crippen LogP contribution is 2.28. The van der Waals surface area contributed by atoms with Crippen LogP contribution in [0.3, 0.4) is 0 Å². The standard InChI is InChI=1S/C14H21NO4/c1-4-15(3)14(17)10-19-12-7-6-11(9-16)8-13(12)18-5-2/h6-8,16H,4-5,9-10H2,1-3H3. The lowest BCUT2D eigenvalue weighted by molar-refractivity contribution is -0.131. The molecule has 0 aromatic heterocycles. The van der Waals surface area contributed by atoms with Gasteiger partial charge in [0.1, 0.15) is 0 Å². The van der Waals surface area contributed by atoms with Crippen LogP contribution in [0.5, 0.6) is 11.5 Å². The van der Waals surface area contributed by atoms with E-state index in [0.717, 1.165) is 5.56 Å². The fourth-order valence-corrected chi connectivity index (χ4v) is 1.46. The Kier molecular flexibility index (Phi) is 6.15. The number of carbonyl (C=O) groups excluding carboxylic acids is 1. The summed E-state index contributed by atoms with van der Waals surface area (Å²) in [5.41, 5.74) is 0.743. The highest BCUT2D eigenvalue weighted by atomic mass is 16.5. The molecule has 0 aliphatic heterocycles. The molecule has 1 aromatic carbocycles. The zero-order valence-electron chi connectivity index (χ0n) is 11.7. The van der Waals surface area contributed by atoms with E-state index in [1.165, 1.54) is 0 Å². The zero-order chi connectivity index (χ0) is 14.3. The normalized spacial score (nSPS) is 10.1. The molecule has 0 unspecified atom stereocenters. The summed E-state index contributed by atoms with van der Waals surface area (Å²) in [4.78, 5) is 13.2. The number of nitrogens with zero attached hydrogens (tertiary/aromatic N) is 1. The van der Waals surface area contributed by atoms with Crippen LogP contribution in [-0.4, -0.2) is 42.7 Å². The van der Waals surface area contributed by atoms with E-state index >= 15 is 0 Å². The topological polar surface area (TPSA) is 59.0 Å². The molecule has 1 aromatic rings. The number of rotatable bonds is 7. The number of hydrogen-bond acceptors (Lipinski definition) is 4. The van der Waals surface area contributed by atoms with Gasteiger partial charge in [0.2, 0.25) is 0 Å². The minimum Gasteiger partial charge on any atom is -0.490 e. The molecule has 1 amide bonds. The summed E-state index contributed by atoms with van der Waals surface area (Å²) in [6.07, 6.45) is 0. The van der Waals surface area contributed by atoms with Gasteiger partial charge in [-0.1, -0.05) is 6.07 Å². The van der Waals surface area contributed by atoms with Crippen LogP contribution in [-0.2, 0) is 11.4 Å². The van der Waals surface area contributed by atoms with Crippen LogP contribution in [0.25, 0.3) is 0 Å². The van der Waals surface area contributed by atoms with Crippen molar-refractivity contribution in [1.82, 2.24) is 4.90 Å². The van der Waals surface area contributed by atoms with Crippen molar-refractivity contribution in [3.8, 4) is 11.5 Å². The average Bonchev–Trinajstić information content (AvgIpc) is 2.44. The van der Waals surface area contributed by atoms with E-state index in [4.69, 9.17) is 14.6 Å². The van der Waals surface area contributed by atoms with Crippen LogP contribution in [0.2, 0.25) is 0 Å². The van der Waals surface area contributed by atoms with Crippen molar-refractivity contribution in [2.45, 2.75) is 20.5 Å². The molecule has 19 heavy (non-hydrogen) atoms. The zero-order valence-corrected chi connectivity index (χ0v) is 11.7. The molecule has 5 nitrogen and oxygen atoms in total. The van der Waals surface area contributed by atoms with Crippen molar-refractivity contribution in [1.29, 1.82) is 0 Å². The molecule has 1 rings (SSSR count). The Balaban J connectivity index is 2.74. The molecule has 0 bridgehead atoms. The van der Waals surface area contributed by atoms with E-state index in [-0.39, 0.29) is 19.1 Å². The van der Waals surface area contributed by atoms with Gasteiger partial charge in [-0.15, -0.1) is 0 Å². The maximum atomic E-state index is 11.7. The molecule has 0 heterocycles. The van der Waals surface area contributed by atoms with Crippen molar-refractivity contribution < 1.29 is 19.4 Å². The van der Waals surface area contributed by atoms with Gasteiger partial charge < -0.3 is 19.5 Å². The van der Waals surface area contributed by atoms with Gasteiger partial charge >= 0.3 is 0 Å². The van der Waals surface area contributed by atoms with Crippen LogP contribution >= 0.6 is 0 Å². The predicted molar refractivity (Wildman–Crippen MR) is 72.3 cm³/mol. The molecule has 0 atom stereocenters. The van der Waals surface area contributed by atoms with Gasteiger partial charge in [0.05, 0.1) is 13.2 Å². The molecule has 0 saturated heterocycles. The first-order valence-electron chi connectivity index (χ1n) is 6.35. The maximum absolute atomic E-state index is 11.7. The van der Waals surface area contributed by atoms with E-state index in [1.54, 1.807) is 30.1 Å². The van der Waals surface area contributed by atoms with Crippen LogP contribution < -0.4 is 9.47 Å². The van der Waals surface area contributed by atoms with Crippen molar-refractivity contribution in [3.05, 3.63) is 23.8 Å². The highest BCUT2D eigenvalue weighted by Gasteiger charge is 2.11. The first-order chi connectivity index (χ1) is 9.12. The summed E-state index contributed by atoms with van der Waals surface area (Å²) in [5.74, 6) is 0.967. The molecule has 0 aliphatic rings. The van der Waals surface area contributed by atoms with Crippen molar-refractivity contribution >= 4 is 5.91 Å². The second-order valence-corrected chi connectivity index (χ2v) is 4.07. The predicted octanol–water partition coefficient (Wildman–Crippen LogP) is 1.43. The second-order valence-electron chi connectivity index (χ2n) is 4.07. The number of likely N-dealkylation sites (N-methyl/N-ethyl adjacent to an activating group) is 1. The Morgan fingerprint density at radius 2 is 2.00 bits per heavy atom. The number of aliphatic hydroxyl groups excluding tert-OH is 1. The monoisotopic (exact) mass is 267 g/mol. The number of carbonyl (C=O) groups is 1. The van der Waals surface area contributed by atoms with Crippen LogP contribution in [0.15, 0.2) is 18.2 Å². The molecule has 0 aliphatic carbocycles. The Labute approximate surface area is 113 Å². The summed E-state index contributed by atoms with van der Waals surface area (Å²) >= 11 is 0. The van der Waals surface area contributed by atoms with E-state index in [0.29, 0.717) is 24.7 Å². The van der Waals surface area contributed by atoms with Gasteiger partial charge in [-0.05, 0) is 31.5 Å². The van der Waals surface area contributed by atoms with Crippen molar-refractivity contribution in [3.63, 3.8) is 0 Å². The molecule has 0 fully saturated rings. The fourth-order valence-electron chi connectivity index (χ4n) is 1.46. The number of benzene rings is 1.